The highest BCUT2D eigenvalue weighted by atomic mass is 16.7. The zero-order chi connectivity index (χ0) is 12.1. The third kappa shape index (κ3) is 2.71. The van der Waals surface area contributed by atoms with Crippen molar-refractivity contribution in [3.63, 3.8) is 0 Å². The molecule has 0 radical (unpaired) electrons. The van der Waals surface area contributed by atoms with Gasteiger partial charge in [-0.05, 0) is 0 Å². The number of carbonyl (C=O) groups is 2. The second kappa shape index (κ2) is 5.47. The lowest BCUT2D eigenvalue weighted by atomic mass is 10.1. The van der Waals surface area contributed by atoms with Crippen molar-refractivity contribution in [1.29, 1.82) is 0 Å². The molecule has 1 aliphatic rings. The maximum atomic E-state index is 10.8. The molecule has 7 nitrogen and oxygen atoms in total. The van der Waals surface area contributed by atoms with Crippen LogP contribution >= 0.6 is 0 Å². The van der Waals surface area contributed by atoms with E-state index in [1.54, 1.807) is 0 Å². The monoisotopic (exact) mass is 231 g/mol. The molecule has 90 valence electrons. The molecule has 16 heavy (non-hydrogen) atoms. The van der Waals surface area contributed by atoms with E-state index < -0.39 is 18.1 Å². The summed E-state index contributed by atoms with van der Waals surface area (Å²) in [5.74, 6) is -1.13. The molecule has 0 aromatic rings. The predicted octanol–water partition coefficient (Wildman–Crippen LogP) is -0.0199. The summed E-state index contributed by atoms with van der Waals surface area (Å²) in [6.07, 6.45) is 0.204. The molecule has 0 fully saturated rings. The maximum Gasteiger partial charge on any atom is 0.408 e. The Morgan fingerprint density at radius 2 is 2.25 bits per heavy atom. The minimum Gasteiger partial charge on any atom is -0.478 e. The molecular weight excluding hydrogens is 218 g/mol. The van der Waals surface area contributed by atoms with Crippen LogP contribution in [0.25, 0.3) is 0 Å². The molecular formula is C9H13NO6. The van der Waals surface area contributed by atoms with Gasteiger partial charge in [-0.3, -0.25) is 4.90 Å². The van der Waals surface area contributed by atoms with E-state index >= 15 is 0 Å². The van der Waals surface area contributed by atoms with Crippen LogP contribution in [-0.4, -0.2) is 60.3 Å². The van der Waals surface area contributed by atoms with Crippen LogP contribution in [0.3, 0.4) is 0 Å². The summed E-state index contributed by atoms with van der Waals surface area (Å²) < 4.78 is 9.63. The van der Waals surface area contributed by atoms with Crippen molar-refractivity contribution >= 4 is 12.1 Å². The lowest BCUT2D eigenvalue weighted by Gasteiger charge is -2.22. The molecule has 0 saturated heterocycles. The largest absolute Gasteiger partial charge is 0.478 e. The van der Waals surface area contributed by atoms with Crippen molar-refractivity contribution in [2.75, 3.05) is 27.1 Å². The van der Waals surface area contributed by atoms with Crippen LogP contribution in [0.1, 0.15) is 0 Å². The lowest BCUT2D eigenvalue weighted by molar-refractivity contribution is -0.133. The van der Waals surface area contributed by atoms with Gasteiger partial charge < -0.3 is 19.7 Å². The van der Waals surface area contributed by atoms with Crippen LogP contribution in [0, 0.1) is 0 Å². The van der Waals surface area contributed by atoms with E-state index in [-0.39, 0.29) is 25.5 Å². The maximum absolute atomic E-state index is 10.8. The Labute approximate surface area is 91.9 Å². The number of ether oxygens (including phenoxy) is 2. The summed E-state index contributed by atoms with van der Waals surface area (Å²) >= 11 is 0. The molecule has 1 atom stereocenters. The molecule has 0 spiro atoms. The van der Waals surface area contributed by atoms with Crippen molar-refractivity contribution in [1.82, 2.24) is 4.90 Å². The molecule has 1 aliphatic heterocycles. The predicted molar refractivity (Wildman–Crippen MR) is 52.1 cm³/mol. The Kier molecular flexibility index (Phi) is 4.27. The van der Waals surface area contributed by atoms with Crippen LogP contribution in [0.5, 0.6) is 0 Å². The van der Waals surface area contributed by atoms with Crippen LogP contribution in [0.15, 0.2) is 11.6 Å². The number of amides is 1. The lowest BCUT2D eigenvalue weighted by Crippen LogP contribution is -2.40. The molecule has 1 amide bonds. The van der Waals surface area contributed by atoms with Crippen molar-refractivity contribution in [3.8, 4) is 0 Å². The number of aliphatic carboxylic acids is 1. The van der Waals surface area contributed by atoms with Gasteiger partial charge in [0, 0.05) is 13.7 Å². The van der Waals surface area contributed by atoms with E-state index in [9.17, 15) is 9.59 Å². The summed E-state index contributed by atoms with van der Waals surface area (Å²) in [7, 11) is 1.43. The van der Waals surface area contributed by atoms with Crippen molar-refractivity contribution in [3.05, 3.63) is 11.6 Å². The second-order valence-electron chi connectivity index (χ2n) is 3.19. The first-order valence-corrected chi connectivity index (χ1v) is 4.57. The zero-order valence-electron chi connectivity index (χ0n) is 8.75. The van der Waals surface area contributed by atoms with E-state index in [4.69, 9.17) is 14.9 Å². The molecule has 0 aromatic heterocycles. The summed E-state index contributed by atoms with van der Waals surface area (Å²) in [5, 5.41) is 17.7. The van der Waals surface area contributed by atoms with Gasteiger partial charge in [-0.25, -0.2) is 9.59 Å². The highest BCUT2D eigenvalue weighted by Crippen LogP contribution is 2.19. The van der Waals surface area contributed by atoms with E-state index in [0.717, 1.165) is 4.90 Å². The number of carboxylic acids is 1. The molecule has 0 saturated carbocycles. The SMILES string of the molecule is COCOC[C@@H]1C(C(=O)O)=CCN1C(=O)O. The molecule has 2 N–H and O–H groups in total. The number of methoxy groups -OCH3 is 1. The van der Waals surface area contributed by atoms with E-state index in [2.05, 4.69) is 4.74 Å². The first kappa shape index (κ1) is 12.5. The number of rotatable bonds is 5. The fraction of sp³-hybridized carbons (Fsp3) is 0.556. The standard InChI is InChI=1S/C9H13NO6/c1-15-5-16-4-7-6(8(11)12)2-3-10(7)9(13)14/h2,7H,3-5H2,1H3,(H,11,12)(H,13,14)/t7-/m1/s1. The molecule has 1 rings (SSSR count). The third-order valence-corrected chi connectivity index (χ3v) is 2.21. The van der Waals surface area contributed by atoms with Gasteiger partial charge in [0.2, 0.25) is 0 Å². The van der Waals surface area contributed by atoms with Gasteiger partial charge in [-0.15, -0.1) is 0 Å². The minimum absolute atomic E-state index is 0.00312. The number of nitrogens with zero attached hydrogens (tertiary/aromatic N) is 1. The number of hydrogen-bond acceptors (Lipinski definition) is 4. The van der Waals surface area contributed by atoms with Gasteiger partial charge in [-0.1, -0.05) is 6.08 Å². The normalized spacial score (nSPS) is 19.7. The Bertz CT molecular complexity index is 313. The minimum atomic E-state index is -1.17. The van der Waals surface area contributed by atoms with Gasteiger partial charge >= 0.3 is 12.1 Å². The Hall–Kier alpha value is -1.60. The average molecular weight is 231 g/mol. The molecule has 0 aliphatic carbocycles. The average Bonchev–Trinajstić information content (AvgIpc) is 2.62. The fourth-order valence-electron chi connectivity index (χ4n) is 1.49. The van der Waals surface area contributed by atoms with E-state index in [0.29, 0.717) is 0 Å². The Balaban J connectivity index is 2.66. The molecule has 0 bridgehead atoms. The summed E-state index contributed by atoms with van der Waals surface area (Å²) in [6.45, 7) is 0.0348. The summed E-state index contributed by atoms with van der Waals surface area (Å²) in [4.78, 5) is 22.7. The topological polar surface area (TPSA) is 96.3 Å². The number of carboxylic acid groups (broad SMARTS) is 2. The van der Waals surface area contributed by atoms with Crippen LogP contribution in [0.2, 0.25) is 0 Å². The smallest absolute Gasteiger partial charge is 0.408 e. The first-order valence-electron chi connectivity index (χ1n) is 4.57. The van der Waals surface area contributed by atoms with Crippen LogP contribution < -0.4 is 0 Å². The Morgan fingerprint density at radius 3 is 2.75 bits per heavy atom. The first-order chi connectivity index (χ1) is 7.57. The van der Waals surface area contributed by atoms with E-state index in [1.165, 1.54) is 13.2 Å². The summed E-state index contributed by atoms with van der Waals surface area (Å²) in [5.41, 5.74) is 0.0403. The van der Waals surface area contributed by atoms with Crippen LogP contribution in [-0.2, 0) is 14.3 Å². The van der Waals surface area contributed by atoms with Crippen molar-refractivity contribution in [2.45, 2.75) is 6.04 Å². The summed E-state index contributed by atoms with van der Waals surface area (Å²) in [6, 6.07) is -0.773. The van der Waals surface area contributed by atoms with Crippen molar-refractivity contribution in [2.24, 2.45) is 0 Å². The fourth-order valence-corrected chi connectivity index (χ4v) is 1.49. The zero-order valence-corrected chi connectivity index (χ0v) is 8.75. The number of hydrogen-bond donors (Lipinski definition) is 2. The van der Waals surface area contributed by atoms with Gasteiger partial charge in [0.1, 0.15) is 6.79 Å². The highest BCUT2D eigenvalue weighted by molar-refractivity contribution is 5.90. The molecule has 0 unspecified atom stereocenters. The highest BCUT2D eigenvalue weighted by Gasteiger charge is 2.34. The van der Waals surface area contributed by atoms with Gasteiger partial charge in [0.25, 0.3) is 0 Å². The third-order valence-electron chi connectivity index (χ3n) is 2.21. The van der Waals surface area contributed by atoms with Gasteiger partial charge in [-0.2, -0.15) is 0 Å². The second-order valence-corrected chi connectivity index (χ2v) is 3.19. The Morgan fingerprint density at radius 1 is 1.56 bits per heavy atom. The quantitative estimate of drug-likeness (QED) is 0.510. The van der Waals surface area contributed by atoms with Gasteiger partial charge in [0.05, 0.1) is 18.2 Å². The van der Waals surface area contributed by atoms with Crippen LogP contribution in [0.4, 0.5) is 4.79 Å². The molecule has 7 heteroatoms. The molecule has 0 aromatic carbocycles. The van der Waals surface area contributed by atoms with Crippen molar-refractivity contribution < 1.29 is 29.3 Å². The van der Waals surface area contributed by atoms with Gasteiger partial charge in [0.15, 0.2) is 0 Å². The molecule has 1 heterocycles. The van der Waals surface area contributed by atoms with E-state index in [1.807, 2.05) is 0 Å².